The lowest BCUT2D eigenvalue weighted by Crippen LogP contribution is -2.41. The van der Waals surface area contributed by atoms with Crippen LogP contribution in [0.4, 0.5) is 4.79 Å². The Morgan fingerprint density at radius 3 is 2.74 bits per heavy atom. The second-order valence-electron chi connectivity index (χ2n) is 5.48. The summed E-state index contributed by atoms with van der Waals surface area (Å²) in [5.41, 5.74) is -0.114. The van der Waals surface area contributed by atoms with E-state index in [9.17, 15) is 9.90 Å². The lowest BCUT2D eigenvalue weighted by Gasteiger charge is -2.26. The predicted molar refractivity (Wildman–Crippen MR) is 82.3 cm³/mol. The maximum Gasteiger partial charge on any atom is 0.315 e. The van der Waals surface area contributed by atoms with E-state index in [0.717, 1.165) is 9.35 Å². The van der Waals surface area contributed by atoms with Crippen molar-refractivity contribution >= 4 is 33.3 Å². The van der Waals surface area contributed by atoms with E-state index in [2.05, 4.69) is 26.6 Å². The first-order valence-corrected chi connectivity index (χ1v) is 7.88. The molecule has 0 spiro atoms. The molecule has 3 N–H and O–H groups in total. The quantitative estimate of drug-likeness (QED) is 0.739. The molecule has 1 aromatic rings. The highest BCUT2D eigenvalue weighted by molar-refractivity contribution is 9.10. The number of aliphatic hydroxyl groups excluding tert-OH is 1. The van der Waals surface area contributed by atoms with Crippen LogP contribution in [0, 0.1) is 5.41 Å². The van der Waals surface area contributed by atoms with Crippen LogP contribution in [0.5, 0.6) is 0 Å². The number of hydrogen-bond acceptors (Lipinski definition) is 3. The molecule has 1 unspecified atom stereocenters. The summed E-state index contributed by atoms with van der Waals surface area (Å²) in [6.07, 6.45) is 0.300. The van der Waals surface area contributed by atoms with Gasteiger partial charge >= 0.3 is 6.03 Å². The molecule has 1 rings (SSSR count). The van der Waals surface area contributed by atoms with Crippen LogP contribution < -0.4 is 10.6 Å². The van der Waals surface area contributed by atoms with Crippen molar-refractivity contribution in [2.45, 2.75) is 39.8 Å². The molecule has 4 nitrogen and oxygen atoms in total. The van der Waals surface area contributed by atoms with Gasteiger partial charge in [0, 0.05) is 21.3 Å². The number of amides is 2. The zero-order valence-corrected chi connectivity index (χ0v) is 13.9. The third kappa shape index (κ3) is 6.94. The number of aliphatic hydroxyl groups is 1. The van der Waals surface area contributed by atoms with Crippen molar-refractivity contribution < 1.29 is 9.90 Å². The van der Waals surface area contributed by atoms with Crippen LogP contribution >= 0.6 is 27.3 Å². The van der Waals surface area contributed by atoms with Gasteiger partial charge in [-0.15, -0.1) is 11.3 Å². The molecule has 0 radical (unpaired) electrons. The summed E-state index contributed by atoms with van der Waals surface area (Å²) >= 11 is 4.98. The summed E-state index contributed by atoms with van der Waals surface area (Å²) in [6, 6.07) is 1.81. The number of nitrogens with one attached hydrogen (secondary N) is 2. The molecule has 0 aliphatic heterocycles. The summed E-state index contributed by atoms with van der Waals surface area (Å²) in [6.45, 7) is 6.88. The van der Waals surface area contributed by atoms with Crippen LogP contribution in [0.2, 0.25) is 0 Å². The van der Waals surface area contributed by atoms with Gasteiger partial charge < -0.3 is 15.7 Å². The Labute approximate surface area is 126 Å². The zero-order chi connectivity index (χ0) is 14.5. The molecule has 1 atom stereocenters. The summed E-state index contributed by atoms with van der Waals surface area (Å²) in [5.74, 6) is 0. The standard InChI is InChI=1S/C13H21BrN2O2S/c1-9(17)5-13(2,3)8-16-12(18)15-6-11-4-10(14)7-19-11/h4,7,9,17H,5-6,8H2,1-3H3,(H2,15,16,18). The molecule has 0 saturated heterocycles. The average Bonchev–Trinajstić information content (AvgIpc) is 2.68. The second-order valence-corrected chi connectivity index (χ2v) is 7.40. The Hall–Kier alpha value is -0.590. The summed E-state index contributed by atoms with van der Waals surface area (Å²) in [7, 11) is 0. The van der Waals surface area contributed by atoms with Crippen molar-refractivity contribution in [3.05, 3.63) is 20.8 Å². The average molecular weight is 349 g/mol. The highest BCUT2D eigenvalue weighted by atomic mass is 79.9. The van der Waals surface area contributed by atoms with Crippen LogP contribution in [0.25, 0.3) is 0 Å². The predicted octanol–water partition coefficient (Wildman–Crippen LogP) is 3.11. The number of urea groups is 1. The van der Waals surface area contributed by atoms with Gasteiger partial charge in [0.25, 0.3) is 0 Å². The maximum atomic E-state index is 11.7. The van der Waals surface area contributed by atoms with Gasteiger partial charge in [-0.05, 0) is 40.8 Å². The molecule has 6 heteroatoms. The first-order chi connectivity index (χ1) is 8.78. The van der Waals surface area contributed by atoms with E-state index in [0.29, 0.717) is 19.5 Å². The molecule has 2 amide bonds. The molecule has 0 saturated carbocycles. The molecular formula is C13H21BrN2O2S. The molecule has 0 aliphatic rings. The fourth-order valence-corrected chi connectivity index (χ4v) is 3.26. The number of halogens is 1. The van der Waals surface area contributed by atoms with Gasteiger partial charge in [-0.25, -0.2) is 4.79 Å². The van der Waals surface area contributed by atoms with Gasteiger partial charge in [0.2, 0.25) is 0 Å². The van der Waals surface area contributed by atoms with Crippen molar-refractivity contribution in [3.63, 3.8) is 0 Å². The second kappa shape index (κ2) is 7.26. The van der Waals surface area contributed by atoms with Gasteiger partial charge in [0.1, 0.15) is 0 Å². The molecule has 1 heterocycles. The van der Waals surface area contributed by atoms with Crippen molar-refractivity contribution in [2.24, 2.45) is 5.41 Å². The Kier molecular flexibility index (Phi) is 6.29. The monoisotopic (exact) mass is 348 g/mol. The number of hydrogen-bond donors (Lipinski definition) is 3. The van der Waals surface area contributed by atoms with E-state index in [1.807, 2.05) is 25.3 Å². The van der Waals surface area contributed by atoms with Gasteiger partial charge in [-0.1, -0.05) is 13.8 Å². The highest BCUT2D eigenvalue weighted by Crippen LogP contribution is 2.21. The molecular weight excluding hydrogens is 328 g/mol. The van der Waals surface area contributed by atoms with E-state index in [-0.39, 0.29) is 17.6 Å². The first-order valence-electron chi connectivity index (χ1n) is 6.21. The van der Waals surface area contributed by atoms with E-state index >= 15 is 0 Å². The summed E-state index contributed by atoms with van der Waals surface area (Å²) in [4.78, 5) is 12.8. The lowest BCUT2D eigenvalue weighted by atomic mass is 9.87. The largest absolute Gasteiger partial charge is 0.393 e. The normalized spacial score (nSPS) is 13.1. The van der Waals surface area contributed by atoms with Crippen LogP contribution in [-0.2, 0) is 6.54 Å². The van der Waals surface area contributed by atoms with Crippen LogP contribution in [-0.4, -0.2) is 23.8 Å². The minimum absolute atomic E-state index is 0.114. The van der Waals surface area contributed by atoms with Gasteiger partial charge in [-0.2, -0.15) is 0 Å². The van der Waals surface area contributed by atoms with Crippen LogP contribution in [0.3, 0.4) is 0 Å². The van der Waals surface area contributed by atoms with E-state index in [1.165, 1.54) is 0 Å². The topological polar surface area (TPSA) is 61.4 Å². The van der Waals surface area contributed by atoms with Crippen molar-refractivity contribution in [3.8, 4) is 0 Å². The number of carbonyl (C=O) groups is 1. The SMILES string of the molecule is CC(O)CC(C)(C)CNC(=O)NCc1cc(Br)cs1. The molecule has 0 aliphatic carbocycles. The minimum atomic E-state index is -0.358. The van der Waals surface area contributed by atoms with Crippen LogP contribution in [0.1, 0.15) is 32.1 Å². The smallest absolute Gasteiger partial charge is 0.315 e. The van der Waals surface area contributed by atoms with Crippen molar-refractivity contribution in [1.29, 1.82) is 0 Å². The lowest BCUT2D eigenvalue weighted by molar-refractivity contribution is 0.129. The summed E-state index contributed by atoms with van der Waals surface area (Å²) < 4.78 is 1.03. The molecule has 108 valence electrons. The Bertz CT molecular complexity index is 419. The van der Waals surface area contributed by atoms with Crippen molar-refractivity contribution in [1.82, 2.24) is 10.6 Å². The van der Waals surface area contributed by atoms with E-state index in [1.54, 1.807) is 18.3 Å². The van der Waals surface area contributed by atoms with Gasteiger partial charge in [-0.3, -0.25) is 0 Å². The number of rotatable bonds is 6. The van der Waals surface area contributed by atoms with Crippen molar-refractivity contribution in [2.75, 3.05) is 6.54 Å². The minimum Gasteiger partial charge on any atom is -0.393 e. The third-order valence-electron chi connectivity index (χ3n) is 2.62. The molecule has 0 fully saturated rings. The maximum absolute atomic E-state index is 11.7. The molecule has 0 bridgehead atoms. The van der Waals surface area contributed by atoms with E-state index < -0.39 is 0 Å². The van der Waals surface area contributed by atoms with Gasteiger partial charge in [0.15, 0.2) is 0 Å². The zero-order valence-electron chi connectivity index (χ0n) is 11.5. The number of carbonyl (C=O) groups excluding carboxylic acids is 1. The van der Waals surface area contributed by atoms with Crippen LogP contribution in [0.15, 0.2) is 15.9 Å². The Balaban J connectivity index is 2.28. The Morgan fingerprint density at radius 1 is 1.53 bits per heavy atom. The fraction of sp³-hybridized carbons (Fsp3) is 0.615. The van der Waals surface area contributed by atoms with Gasteiger partial charge in [0.05, 0.1) is 12.6 Å². The molecule has 19 heavy (non-hydrogen) atoms. The molecule has 1 aromatic heterocycles. The Morgan fingerprint density at radius 2 is 2.21 bits per heavy atom. The molecule has 0 aromatic carbocycles. The summed E-state index contributed by atoms with van der Waals surface area (Å²) in [5, 5.41) is 17.0. The number of thiophene rings is 1. The highest BCUT2D eigenvalue weighted by Gasteiger charge is 2.20. The van der Waals surface area contributed by atoms with E-state index in [4.69, 9.17) is 0 Å². The first kappa shape index (κ1) is 16.5. The third-order valence-corrected chi connectivity index (χ3v) is 4.32. The fourth-order valence-electron chi connectivity index (χ4n) is 1.87.